The molecule has 1 radical (unpaired) electrons. The molecule has 0 aliphatic rings. The topological polar surface area (TPSA) is 16.1 Å². The molecule has 32 heavy (non-hydrogen) atoms. The Bertz CT molecular complexity index is 1350. The number of hydrogen-bond donors (Lipinski definition) is 0. The number of rotatable bonds is 5. The van der Waals surface area contributed by atoms with E-state index in [0.29, 0.717) is 0 Å². The van der Waals surface area contributed by atoms with E-state index >= 15 is 0 Å². The summed E-state index contributed by atoms with van der Waals surface area (Å²) in [4.78, 5) is 7.01. The van der Waals surface area contributed by atoms with Crippen molar-refractivity contribution in [1.82, 2.24) is 4.98 Å². The molecule has 0 N–H and O–H groups in total. The fraction of sp³-hybridized carbons (Fsp3) is 0.138. The number of hydrogen-bond acceptors (Lipinski definition) is 3. The third kappa shape index (κ3) is 3.92. The lowest BCUT2D eigenvalue weighted by molar-refractivity contribution is 1.08. The molecule has 3 heteroatoms. The zero-order valence-corrected chi connectivity index (χ0v) is 19.4. The first-order valence-corrected chi connectivity index (χ1v) is 11.7. The lowest BCUT2D eigenvalue weighted by Crippen LogP contribution is -2.08. The summed E-state index contributed by atoms with van der Waals surface area (Å²) in [6.45, 7) is 2.12. The molecule has 157 valence electrons. The van der Waals surface area contributed by atoms with Gasteiger partial charge in [-0.2, -0.15) is 0 Å². The Morgan fingerprint density at radius 1 is 0.844 bits per heavy atom. The Morgan fingerprint density at radius 2 is 1.53 bits per heavy atom. The summed E-state index contributed by atoms with van der Waals surface area (Å²) in [5, 5.41) is 3.35. The summed E-state index contributed by atoms with van der Waals surface area (Å²) in [7, 11) is 4.14. The standard InChI is InChI=1S/C29H25N2S/c1-20-9-11-22(12-10-20)26-19-32-29-25(26)18-30-27(17-21-7-5-4-6-8-21)28(29)23-13-15-24(16-14-23)31(2)3/h4-16,19H,17H2,1-3H3. The highest BCUT2D eigenvalue weighted by molar-refractivity contribution is 7.18. The van der Waals surface area contributed by atoms with Crippen LogP contribution in [0.5, 0.6) is 0 Å². The maximum absolute atomic E-state index is 4.88. The minimum absolute atomic E-state index is 0.788. The molecular weight excluding hydrogens is 408 g/mol. The van der Waals surface area contributed by atoms with Gasteiger partial charge in [0.1, 0.15) is 0 Å². The highest BCUT2D eigenvalue weighted by Crippen LogP contribution is 2.41. The monoisotopic (exact) mass is 433 g/mol. The smallest absolute Gasteiger partial charge is 0.0990 e. The second-order valence-electron chi connectivity index (χ2n) is 8.37. The number of aromatic nitrogens is 1. The Balaban J connectivity index is 1.69. The molecule has 0 bridgehead atoms. The number of anilines is 1. The van der Waals surface area contributed by atoms with Gasteiger partial charge < -0.3 is 4.90 Å². The molecule has 2 aromatic heterocycles. The van der Waals surface area contributed by atoms with Crippen LogP contribution in [0, 0.1) is 13.1 Å². The molecule has 0 amide bonds. The van der Waals surface area contributed by atoms with Crippen LogP contribution in [-0.2, 0) is 6.42 Å². The number of aryl methyl sites for hydroxylation is 1. The molecule has 0 saturated heterocycles. The van der Waals surface area contributed by atoms with Crippen LogP contribution in [0.25, 0.3) is 32.3 Å². The van der Waals surface area contributed by atoms with Crippen molar-refractivity contribution in [3.05, 3.63) is 107 Å². The van der Waals surface area contributed by atoms with Crippen molar-refractivity contribution < 1.29 is 0 Å². The molecule has 2 heterocycles. The van der Waals surface area contributed by atoms with Crippen LogP contribution >= 0.6 is 11.3 Å². The summed E-state index contributed by atoms with van der Waals surface area (Å²) in [5.74, 6) is 0. The number of thiophene rings is 1. The van der Waals surface area contributed by atoms with Gasteiger partial charge in [-0.05, 0) is 41.1 Å². The molecule has 0 spiro atoms. The molecule has 0 unspecified atom stereocenters. The lowest BCUT2D eigenvalue weighted by Gasteiger charge is -2.15. The Labute approximate surface area is 193 Å². The normalized spacial score (nSPS) is 11.1. The van der Waals surface area contributed by atoms with Crippen LogP contribution in [0.1, 0.15) is 16.8 Å². The van der Waals surface area contributed by atoms with E-state index in [2.05, 4.69) is 116 Å². The van der Waals surface area contributed by atoms with Gasteiger partial charge in [0.15, 0.2) is 0 Å². The quantitative estimate of drug-likeness (QED) is 0.287. The summed E-state index contributed by atoms with van der Waals surface area (Å²) in [6.07, 6.45) is 4.18. The second-order valence-corrected chi connectivity index (χ2v) is 9.25. The average Bonchev–Trinajstić information content (AvgIpc) is 3.24. The van der Waals surface area contributed by atoms with Crippen LogP contribution in [0.4, 0.5) is 5.69 Å². The van der Waals surface area contributed by atoms with Crippen molar-refractivity contribution in [1.29, 1.82) is 0 Å². The van der Waals surface area contributed by atoms with Gasteiger partial charge in [0.2, 0.25) is 0 Å². The number of fused-ring (bicyclic) bond motifs is 1. The SMILES string of the molecule is Cc1ccc(-c2csc3c(-c4ccc(N(C)C)cc4)c(Cc4ccccc4)n[c]c23)cc1. The van der Waals surface area contributed by atoms with Crippen LogP contribution in [0.3, 0.4) is 0 Å². The molecule has 2 nitrogen and oxygen atoms in total. The van der Waals surface area contributed by atoms with Gasteiger partial charge >= 0.3 is 0 Å². The number of nitrogens with zero attached hydrogens (tertiary/aromatic N) is 2. The molecule has 3 aromatic carbocycles. The fourth-order valence-corrected chi connectivity index (χ4v) is 5.17. The van der Waals surface area contributed by atoms with E-state index < -0.39 is 0 Å². The third-order valence-electron chi connectivity index (χ3n) is 5.86. The van der Waals surface area contributed by atoms with Crippen LogP contribution in [-0.4, -0.2) is 19.1 Å². The van der Waals surface area contributed by atoms with E-state index in [-0.39, 0.29) is 0 Å². The van der Waals surface area contributed by atoms with Gasteiger partial charge in [-0.3, -0.25) is 0 Å². The van der Waals surface area contributed by atoms with Crippen LogP contribution in [0.2, 0.25) is 0 Å². The van der Waals surface area contributed by atoms with E-state index in [0.717, 1.165) is 17.5 Å². The molecule has 0 aliphatic heterocycles. The van der Waals surface area contributed by atoms with E-state index in [1.807, 2.05) is 0 Å². The summed E-state index contributed by atoms with van der Waals surface area (Å²) in [5.41, 5.74) is 9.62. The maximum Gasteiger partial charge on any atom is 0.0990 e. The fourth-order valence-electron chi connectivity index (χ4n) is 4.05. The van der Waals surface area contributed by atoms with Crippen LogP contribution < -0.4 is 4.90 Å². The minimum atomic E-state index is 0.788. The second kappa shape index (κ2) is 8.60. The summed E-state index contributed by atoms with van der Waals surface area (Å²) >= 11 is 1.79. The Morgan fingerprint density at radius 3 is 2.22 bits per heavy atom. The predicted molar refractivity (Wildman–Crippen MR) is 138 cm³/mol. The molecule has 5 rings (SSSR count). The molecular formula is C29H25N2S. The summed E-state index contributed by atoms with van der Waals surface area (Å²) < 4.78 is 1.25. The Kier molecular flexibility index (Phi) is 5.50. The van der Waals surface area contributed by atoms with E-state index in [1.54, 1.807) is 11.3 Å². The van der Waals surface area contributed by atoms with Crippen molar-refractivity contribution >= 4 is 27.1 Å². The van der Waals surface area contributed by atoms with Crippen molar-refractivity contribution in [2.24, 2.45) is 0 Å². The first kappa shape index (κ1) is 20.5. The van der Waals surface area contributed by atoms with Gasteiger partial charge in [-0.15, -0.1) is 11.3 Å². The van der Waals surface area contributed by atoms with Crippen LogP contribution in [0.15, 0.2) is 84.2 Å². The molecule has 5 aromatic rings. The van der Waals surface area contributed by atoms with Gasteiger partial charge in [-0.25, -0.2) is 4.98 Å². The van der Waals surface area contributed by atoms with Gasteiger partial charge in [-0.1, -0.05) is 72.3 Å². The largest absolute Gasteiger partial charge is 0.378 e. The van der Waals surface area contributed by atoms with E-state index in [9.17, 15) is 0 Å². The van der Waals surface area contributed by atoms with E-state index in [1.165, 1.54) is 43.8 Å². The van der Waals surface area contributed by atoms with Gasteiger partial charge in [0.25, 0.3) is 0 Å². The van der Waals surface area contributed by atoms with Crippen molar-refractivity contribution in [3.63, 3.8) is 0 Å². The number of benzene rings is 3. The molecule has 0 fully saturated rings. The molecule has 0 aliphatic carbocycles. The highest BCUT2D eigenvalue weighted by Gasteiger charge is 2.17. The maximum atomic E-state index is 4.88. The minimum Gasteiger partial charge on any atom is -0.378 e. The lowest BCUT2D eigenvalue weighted by atomic mass is 9.96. The Hall–Kier alpha value is -3.43. The predicted octanol–water partition coefficient (Wildman–Crippen LogP) is 7.40. The van der Waals surface area contributed by atoms with Crippen molar-refractivity contribution in [2.75, 3.05) is 19.0 Å². The first-order valence-electron chi connectivity index (χ1n) is 10.8. The van der Waals surface area contributed by atoms with E-state index in [4.69, 9.17) is 4.98 Å². The van der Waals surface area contributed by atoms with Crippen molar-refractivity contribution in [2.45, 2.75) is 13.3 Å². The van der Waals surface area contributed by atoms with Gasteiger partial charge in [0.05, 0.1) is 11.9 Å². The zero-order valence-electron chi connectivity index (χ0n) is 18.6. The summed E-state index contributed by atoms with van der Waals surface area (Å²) in [6, 6.07) is 28.0. The third-order valence-corrected chi connectivity index (χ3v) is 6.86. The first-order chi connectivity index (χ1) is 15.6. The molecule has 0 atom stereocenters. The van der Waals surface area contributed by atoms with Gasteiger partial charge in [0, 0.05) is 47.4 Å². The molecule has 0 saturated carbocycles. The zero-order chi connectivity index (χ0) is 22.1. The average molecular weight is 434 g/mol. The van der Waals surface area contributed by atoms with Crippen molar-refractivity contribution in [3.8, 4) is 22.3 Å². The highest BCUT2D eigenvalue weighted by atomic mass is 32.1. The number of pyridine rings is 1.